The first-order valence-electron chi connectivity index (χ1n) is 19.4. The Bertz CT molecular complexity index is 3490. The number of nitrogens with zero attached hydrogens (tertiary/aromatic N) is 1. The molecule has 0 aliphatic carbocycles. The number of hydrogen-bond acceptors (Lipinski definition) is 3. The molecular weight excluding hydrogens is 695 g/mol. The van der Waals surface area contributed by atoms with E-state index in [0.29, 0.717) is 0 Å². The molecule has 10 aromatic carbocycles. The Morgan fingerprint density at radius 3 is 1.70 bits per heavy atom. The van der Waals surface area contributed by atoms with Gasteiger partial charge in [0.05, 0.1) is 5.69 Å². The minimum absolute atomic E-state index is 0.861. The number of para-hydroxylation sites is 3. The molecule has 3 heteroatoms. The lowest BCUT2D eigenvalue weighted by molar-refractivity contribution is 0.669. The van der Waals surface area contributed by atoms with Gasteiger partial charge in [0.2, 0.25) is 0 Å². The Kier molecular flexibility index (Phi) is 6.93. The molecule has 0 bridgehead atoms. The lowest BCUT2D eigenvalue weighted by atomic mass is 9.88. The predicted octanol–water partition coefficient (Wildman–Crippen LogP) is 15.7. The first-order valence-corrected chi connectivity index (χ1v) is 19.4. The highest BCUT2D eigenvalue weighted by atomic mass is 16.3. The first-order chi connectivity index (χ1) is 28.3. The van der Waals surface area contributed by atoms with Crippen molar-refractivity contribution in [2.45, 2.75) is 0 Å². The third-order valence-corrected chi connectivity index (χ3v) is 11.6. The lowest BCUT2D eigenvalue weighted by Gasteiger charge is -2.26. The third kappa shape index (κ3) is 4.86. The van der Waals surface area contributed by atoms with Crippen LogP contribution in [-0.2, 0) is 0 Å². The quantitative estimate of drug-likeness (QED) is 0.165. The maximum absolute atomic E-state index is 6.64. The molecule has 0 radical (unpaired) electrons. The van der Waals surface area contributed by atoms with Crippen LogP contribution in [0.3, 0.4) is 0 Å². The molecule has 57 heavy (non-hydrogen) atoms. The minimum atomic E-state index is 0.861. The van der Waals surface area contributed by atoms with Gasteiger partial charge in [-0.1, -0.05) is 146 Å². The van der Waals surface area contributed by atoms with Crippen LogP contribution in [0.4, 0.5) is 17.1 Å². The largest absolute Gasteiger partial charge is 0.456 e. The van der Waals surface area contributed by atoms with Crippen molar-refractivity contribution >= 4 is 93.3 Å². The highest BCUT2D eigenvalue weighted by molar-refractivity contribution is 6.36. The Balaban J connectivity index is 1.06. The molecule has 0 unspecified atom stereocenters. The van der Waals surface area contributed by atoms with Crippen LogP contribution in [0.15, 0.2) is 209 Å². The van der Waals surface area contributed by atoms with E-state index in [9.17, 15) is 0 Å². The summed E-state index contributed by atoms with van der Waals surface area (Å²) in [5.74, 6) is 0. The number of rotatable bonds is 5. The van der Waals surface area contributed by atoms with Crippen molar-refractivity contribution in [2.24, 2.45) is 0 Å². The highest BCUT2D eigenvalue weighted by Crippen LogP contribution is 2.47. The predicted molar refractivity (Wildman–Crippen MR) is 239 cm³/mol. The number of hydrogen-bond donors (Lipinski definition) is 0. The van der Waals surface area contributed by atoms with E-state index < -0.39 is 0 Å². The van der Waals surface area contributed by atoms with E-state index in [1.165, 1.54) is 48.8 Å². The monoisotopic (exact) mass is 727 g/mol. The fraction of sp³-hybridized carbons (Fsp3) is 0. The molecule has 266 valence electrons. The zero-order valence-electron chi connectivity index (χ0n) is 30.8. The van der Waals surface area contributed by atoms with Crippen LogP contribution in [0.25, 0.3) is 98.4 Å². The Morgan fingerprint density at radius 2 is 0.895 bits per heavy atom. The zero-order chi connectivity index (χ0) is 37.5. The Hall–Kier alpha value is -7.62. The van der Waals surface area contributed by atoms with E-state index in [1.54, 1.807) is 0 Å². The lowest BCUT2D eigenvalue weighted by Crippen LogP contribution is -2.10. The molecule has 0 spiro atoms. The van der Waals surface area contributed by atoms with Crippen molar-refractivity contribution in [1.29, 1.82) is 0 Å². The van der Waals surface area contributed by atoms with Crippen molar-refractivity contribution < 1.29 is 8.83 Å². The van der Waals surface area contributed by atoms with Crippen molar-refractivity contribution in [2.75, 3.05) is 4.90 Å². The number of fused-ring (bicyclic) bond motifs is 13. The van der Waals surface area contributed by atoms with Gasteiger partial charge < -0.3 is 13.7 Å². The fourth-order valence-electron chi connectivity index (χ4n) is 9.13. The van der Waals surface area contributed by atoms with Gasteiger partial charge in [0.1, 0.15) is 16.7 Å². The summed E-state index contributed by atoms with van der Waals surface area (Å²) in [5.41, 5.74) is 11.3. The SMILES string of the molecule is c1ccc(-c2cccc(N(c3ccc(-c4cccc5c6ccc7oc8ccccc8c7c6c6ccccc6c45)cc3)c3cccc4c3oc3ccccc34)c2)cc1. The van der Waals surface area contributed by atoms with Crippen LogP contribution < -0.4 is 4.90 Å². The van der Waals surface area contributed by atoms with Crippen LogP contribution in [0, 0.1) is 0 Å². The maximum atomic E-state index is 6.64. The van der Waals surface area contributed by atoms with Crippen molar-refractivity contribution in [3.05, 3.63) is 200 Å². The molecular formula is C54H33NO2. The second-order valence-corrected chi connectivity index (χ2v) is 14.8. The van der Waals surface area contributed by atoms with Crippen molar-refractivity contribution in [1.82, 2.24) is 0 Å². The fourth-order valence-corrected chi connectivity index (χ4v) is 9.13. The van der Waals surface area contributed by atoms with Gasteiger partial charge in [-0.25, -0.2) is 0 Å². The summed E-state index contributed by atoms with van der Waals surface area (Å²) >= 11 is 0. The molecule has 0 fully saturated rings. The van der Waals surface area contributed by atoms with E-state index in [0.717, 1.165) is 66.7 Å². The molecule has 0 aliphatic heterocycles. The maximum Gasteiger partial charge on any atom is 0.159 e. The molecule has 2 aromatic heterocycles. The smallest absolute Gasteiger partial charge is 0.159 e. The number of benzene rings is 10. The summed E-state index contributed by atoms with van der Waals surface area (Å²) in [4.78, 5) is 2.33. The standard InChI is InChI=1S/C54H33NO2/c1-2-13-34(14-3-1)36-15-10-16-38(33-36)55(47-24-12-23-45-40-17-6-8-25-48(40)57-54(45)47)37-29-27-35(28-30-37)39-21-11-22-42-44-31-32-50-53(46-20-7-9-26-49(46)56-50)52(44)43-19-5-4-18-41(43)51(39)42/h1-33H. The molecule has 2 heterocycles. The van der Waals surface area contributed by atoms with E-state index >= 15 is 0 Å². The minimum Gasteiger partial charge on any atom is -0.456 e. The Morgan fingerprint density at radius 1 is 0.298 bits per heavy atom. The first kappa shape index (κ1) is 31.7. The van der Waals surface area contributed by atoms with Gasteiger partial charge in [-0.3, -0.25) is 0 Å². The van der Waals surface area contributed by atoms with Crippen LogP contribution in [0.1, 0.15) is 0 Å². The molecule has 0 aliphatic rings. The third-order valence-electron chi connectivity index (χ3n) is 11.6. The Labute approximate surface area is 328 Å². The van der Waals surface area contributed by atoms with Gasteiger partial charge >= 0.3 is 0 Å². The number of furan rings is 2. The molecule has 0 saturated carbocycles. The summed E-state index contributed by atoms with van der Waals surface area (Å²) < 4.78 is 13.0. The van der Waals surface area contributed by atoms with Gasteiger partial charge in [-0.05, 0) is 104 Å². The molecule has 3 nitrogen and oxygen atoms in total. The van der Waals surface area contributed by atoms with Gasteiger partial charge in [0.25, 0.3) is 0 Å². The summed E-state index contributed by atoms with van der Waals surface area (Å²) in [6, 6.07) is 71.4. The van der Waals surface area contributed by atoms with Gasteiger partial charge in [-0.2, -0.15) is 0 Å². The average Bonchev–Trinajstić information content (AvgIpc) is 3.86. The highest BCUT2D eigenvalue weighted by Gasteiger charge is 2.21. The molecule has 0 N–H and O–H groups in total. The van der Waals surface area contributed by atoms with Crippen LogP contribution in [0.5, 0.6) is 0 Å². The topological polar surface area (TPSA) is 29.5 Å². The molecule has 12 aromatic rings. The summed E-state index contributed by atoms with van der Waals surface area (Å²) in [6.45, 7) is 0. The van der Waals surface area contributed by atoms with Gasteiger partial charge in [-0.15, -0.1) is 0 Å². The van der Waals surface area contributed by atoms with Crippen LogP contribution in [0.2, 0.25) is 0 Å². The average molecular weight is 728 g/mol. The summed E-state index contributed by atoms with van der Waals surface area (Å²) in [7, 11) is 0. The van der Waals surface area contributed by atoms with Gasteiger partial charge in [0.15, 0.2) is 5.58 Å². The molecule has 0 saturated heterocycles. The molecule has 0 amide bonds. The van der Waals surface area contributed by atoms with E-state index in [2.05, 4.69) is 187 Å². The second kappa shape index (κ2) is 12.5. The normalized spacial score (nSPS) is 11.9. The van der Waals surface area contributed by atoms with Crippen molar-refractivity contribution in [3.8, 4) is 22.3 Å². The van der Waals surface area contributed by atoms with Gasteiger partial charge in [0, 0.05) is 38.3 Å². The number of anilines is 3. The molecule has 0 atom stereocenters. The molecule has 12 rings (SSSR count). The second-order valence-electron chi connectivity index (χ2n) is 14.8. The zero-order valence-corrected chi connectivity index (χ0v) is 30.8. The van der Waals surface area contributed by atoms with Crippen LogP contribution in [-0.4, -0.2) is 0 Å². The summed E-state index contributed by atoms with van der Waals surface area (Å²) in [6.07, 6.45) is 0. The van der Waals surface area contributed by atoms with E-state index in [4.69, 9.17) is 8.83 Å². The van der Waals surface area contributed by atoms with E-state index in [-0.39, 0.29) is 0 Å². The van der Waals surface area contributed by atoms with E-state index in [1.807, 2.05) is 18.2 Å². The van der Waals surface area contributed by atoms with Crippen LogP contribution >= 0.6 is 0 Å². The van der Waals surface area contributed by atoms with Crippen molar-refractivity contribution in [3.63, 3.8) is 0 Å². The summed E-state index contributed by atoms with van der Waals surface area (Å²) in [5, 5.41) is 11.9.